The summed E-state index contributed by atoms with van der Waals surface area (Å²) in [5, 5.41) is 40.0. The molecular weight excluding hydrogens is 576 g/mol. The first-order chi connectivity index (χ1) is 22.1. The van der Waals surface area contributed by atoms with E-state index in [4.69, 9.17) is 44.6 Å². The highest BCUT2D eigenvalue weighted by Crippen LogP contribution is 2.29. The standard InChI is InChI=1S/C34H34N12/c35-31(36)43-12-2-6-23-16-24(7-3-13-44-32(37)38)19-29(18-23)27-10-1-11-28(22-27)30-20-25(8-4-14-45-33(39)40)17-26(21-30)9-5-15-46-34(41)42/h1,10-11,16-22H,12-15H2,(H4,35,36,43)(H4,37,38,44)(H4,39,40,45)(H4,41,42,46). The van der Waals surface area contributed by atoms with Crippen LogP contribution in [0.5, 0.6) is 0 Å². The lowest BCUT2D eigenvalue weighted by Gasteiger charge is -2.09. The number of nitrogens with one attached hydrogen (secondary N) is 8. The smallest absolute Gasteiger partial charge is 0.186 e. The van der Waals surface area contributed by atoms with E-state index in [9.17, 15) is 0 Å². The van der Waals surface area contributed by atoms with Crippen molar-refractivity contribution in [2.24, 2.45) is 22.9 Å². The van der Waals surface area contributed by atoms with Gasteiger partial charge in [-0.3, -0.25) is 21.6 Å². The summed E-state index contributed by atoms with van der Waals surface area (Å²) in [5.41, 5.74) is 28.0. The van der Waals surface area contributed by atoms with Gasteiger partial charge in [-0.1, -0.05) is 65.6 Å². The van der Waals surface area contributed by atoms with E-state index in [1.807, 2.05) is 54.6 Å². The molecule has 0 saturated carbocycles. The van der Waals surface area contributed by atoms with Crippen molar-refractivity contribution in [2.45, 2.75) is 0 Å². The van der Waals surface area contributed by atoms with Crippen molar-refractivity contribution in [1.29, 1.82) is 21.6 Å². The van der Waals surface area contributed by atoms with Crippen LogP contribution in [0.25, 0.3) is 22.3 Å². The first-order valence-electron chi connectivity index (χ1n) is 13.8. The van der Waals surface area contributed by atoms with Crippen molar-refractivity contribution < 1.29 is 0 Å². The molecule has 0 atom stereocenters. The van der Waals surface area contributed by atoms with Crippen molar-refractivity contribution >= 4 is 23.8 Å². The lowest BCUT2D eigenvalue weighted by Crippen LogP contribution is -2.30. The molecule has 12 heteroatoms. The fraction of sp³-hybridized carbons (Fsp3) is 0.118. The molecule has 0 saturated heterocycles. The van der Waals surface area contributed by atoms with Crippen LogP contribution in [0.4, 0.5) is 0 Å². The third kappa shape index (κ3) is 12.1. The van der Waals surface area contributed by atoms with Crippen LogP contribution < -0.4 is 44.2 Å². The van der Waals surface area contributed by atoms with Gasteiger partial charge in [-0.25, -0.2) is 0 Å². The minimum absolute atomic E-state index is 0.158. The number of benzene rings is 3. The van der Waals surface area contributed by atoms with Crippen LogP contribution in [0.3, 0.4) is 0 Å². The van der Waals surface area contributed by atoms with E-state index in [0.717, 1.165) is 44.5 Å². The van der Waals surface area contributed by atoms with Crippen molar-refractivity contribution in [3.8, 4) is 69.6 Å². The number of rotatable bonds is 6. The second kappa shape index (κ2) is 17.2. The Kier molecular flexibility index (Phi) is 12.5. The lowest BCUT2D eigenvalue weighted by molar-refractivity contribution is 1.03. The van der Waals surface area contributed by atoms with E-state index < -0.39 is 0 Å². The molecule has 0 heterocycles. The minimum Gasteiger partial charge on any atom is -0.370 e. The monoisotopic (exact) mass is 610 g/mol. The maximum Gasteiger partial charge on any atom is 0.186 e. The molecule has 0 bridgehead atoms. The molecule has 230 valence electrons. The summed E-state index contributed by atoms with van der Waals surface area (Å²) in [6, 6.07) is 19.6. The Morgan fingerprint density at radius 2 is 0.717 bits per heavy atom. The predicted molar refractivity (Wildman–Crippen MR) is 184 cm³/mol. The Morgan fingerprint density at radius 3 is 0.978 bits per heavy atom. The Hall–Kier alpha value is -7.02. The Morgan fingerprint density at radius 1 is 0.435 bits per heavy atom. The van der Waals surface area contributed by atoms with Gasteiger partial charge in [0, 0.05) is 22.3 Å². The van der Waals surface area contributed by atoms with Gasteiger partial charge >= 0.3 is 0 Å². The molecule has 0 aliphatic carbocycles. The van der Waals surface area contributed by atoms with Crippen LogP contribution in [0.1, 0.15) is 22.3 Å². The molecule has 46 heavy (non-hydrogen) atoms. The van der Waals surface area contributed by atoms with E-state index >= 15 is 0 Å². The maximum atomic E-state index is 7.32. The highest BCUT2D eigenvalue weighted by atomic mass is 15.0. The van der Waals surface area contributed by atoms with Crippen LogP contribution in [0.15, 0.2) is 60.7 Å². The second-order valence-corrected chi connectivity index (χ2v) is 9.45. The molecule has 0 aromatic heterocycles. The lowest BCUT2D eigenvalue weighted by atomic mass is 9.95. The van der Waals surface area contributed by atoms with Gasteiger partial charge in [0.25, 0.3) is 0 Å². The quantitative estimate of drug-likeness (QED) is 0.105. The largest absolute Gasteiger partial charge is 0.370 e. The fourth-order valence-electron chi connectivity index (χ4n) is 3.90. The molecule has 0 fully saturated rings. The van der Waals surface area contributed by atoms with Crippen molar-refractivity contribution in [3.63, 3.8) is 0 Å². The number of nitrogens with two attached hydrogens (primary N) is 4. The van der Waals surface area contributed by atoms with Gasteiger partial charge in [0.1, 0.15) is 0 Å². The van der Waals surface area contributed by atoms with Gasteiger partial charge in [-0.2, -0.15) is 0 Å². The summed E-state index contributed by atoms with van der Waals surface area (Å²) in [6.45, 7) is 0.884. The molecule has 0 aliphatic rings. The molecule has 3 rings (SSSR count). The molecule has 3 aromatic carbocycles. The average molecular weight is 611 g/mol. The Bertz CT molecular complexity index is 1650. The van der Waals surface area contributed by atoms with Crippen LogP contribution in [-0.4, -0.2) is 50.0 Å². The summed E-state index contributed by atoms with van der Waals surface area (Å²) in [5.74, 6) is 23.6. The summed E-state index contributed by atoms with van der Waals surface area (Å²) in [4.78, 5) is 0. The van der Waals surface area contributed by atoms with Gasteiger partial charge < -0.3 is 44.2 Å². The molecular formula is C34H34N12. The van der Waals surface area contributed by atoms with E-state index in [0.29, 0.717) is 0 Å². The molecule has 0 radical (unpaired) electrons. The first kappa shape index (κ1) is 33.5. The van der Waals surface area contributed by atoms with Crippen LogP contribution >= 0.6 is 0 Å². The second-order valence-electron chi connectivity index (χ2n) is 9.45. The van der Waals surface area contributed by atoms with Crippen molar-refractivity contribution in [3.05, 3.63) is 82.9 Å². The summed E-state index contributed by atoms with van der Waals surface area (Å²) in [6.07, 6.45) is 0. The van der Waals surface area contributed by atoms with Crippen LogP contribution in [0, 0.1) is 69.0 Å². The fourth-order valence-corrected chi connectivity index (χ4v) is 3.90. The predicted octanol–water partition coefficient (Wildman–Crippen LogP) is 0.359. The molecule has 3 aromatic rings. The first-order valence-corrected chi connectivity index (χ1v) is 13.8. The minimum atomic E-state index is -0.158. The average Bonchev–Trinajstić information content (AvgIpc) is 3.01. The Balaban J connectivity index is 2.05. The number of guanidine groups is 4. The molecule has 0 amide bonds. The SMILES string of the molecule is N=C(N)NCC#Cc1cc(C#CCNC(=N)N)cc(-c2cccc(-c3cc(C#CCNC(=N)N)cc(C#CCNC(=N)N)c3)c2)c1. The van der Waals surface area contributed by atoms with Gasteiger partial charge in [-0.15, -0.1) is 0 Å². The van der Waals surface area contributed by atoms with Crippen LogP contribution in [-0.2, 0) is 0 Å². The van der Waals surface area contributed by atoms with Gasteiger partial charge in [0.05, 0.1) is 26.2 Å². The van der Waals surface area contributed by atoms with Crippen molar-refractivity contribution in [1.82, 2.24) is 21.3 Å². The topological polar surface area (TPSA) is 248 Å². The van der Waals surface area contributed by atoms with E-state index in [1.54, 1.807) is 0 Å². The maximum absolute atomic E-state index is 7.32. The molecule has 12 nitrogen and oxygen atoms in total. The molecule has 0 unspecified atom stereocenters. The van der Waals surface area contributed by atoms with Crippen LogP contribution in [0.2, 0.25) is 0 Å². The van der Waals surface area contributed by atoms with E-state index in [-0.39, 0.29) is 50.0 Å². The zero-order valence-electron chi connectivity index (χ0n) is 24.9. The van der Waals surface area contributed by atoms with E-state index in [2.05, 4.69) is 74.7 Å². The molecule has 0 aliphatic heterocycles. The summed E-state index contributed by atoms with van der Waals surface area (Å²) >= 11 is 0. The van der Waals surface area contributed by atoms with Gasteiger partial charge in [0.2, 0.25) is 0 Å². The third-order valence-corrected chi connectivity index (χ3v) is 5.80. The van der Waals surface area contributed by atoms with Crippen molar-refractivity contribution in [2.75, 3.05) is 26.2 Å². The summed E-state index contributed by atoms with van der Waals surface area (Å²) in [7, 11) is 0. The van der Waals surface area contributed by atoms with Gasteiger partial charge in [0.15, 0.2) is 23.8 Å². The number of hydrogen-bond donors (Lipinski definition) is 12. The molecule has 0 spiro atoms. The molecule has 16 N–H and O–H groups in total. The zero-order chi connectivity index (χ0) is 33.3. The highest BCUT2D eigenvalue weighted by molar-refractivity contribution is 5.78. The number of hydrogen-bond acceptors (Lipinski definition) is 4. The van der Waals surface area contributed by atoms with E-state index in [1.165, 1.54) is 0 Å². The summed E-state index contributed by atoms with van der Waals surface area (Å²) < 4.78 is 0. The zero-order valence-corrected chi connectivity index (χ0v) is 24.9. The Labute approximate surface area is 268 Å². The normalized spacial score (nSPS) is 9.22. The highest BCUT2D eigenvalue weighted by Gasteiger charge is 2.07. The van der Waals surface area contributed by atoms with Gasteiger partial charge in [-0.05, 0) is 64.7 Å². The third-order valence-electron chi connectivity index (χ3n) is 5.80.